The molecule has 7 heteroatoms. The molecule has 0 aliphatic rings. The molecule has 0 aliphatic carbocycles. The summed E-state index contributed by atoms with van der Waals surface area (Å²) in [6.45, 7) is 0.797. The standard InChI is InChI=1S/C20H24F2N2O3/c1-24(12-15-5-6-16(21)11-17(15)22)13-20(25)23-9-8-14-4-7-18(26-2)19(10-14)27-3/h4-7,10-11H,8-9,12-13H2,1-3H3,(H,23,25). The zero-order chi connectivity index (χ0) is 19.8. The summed E-state index contributed by atoms with van der Waals surface area (Å²) in [5, 5.41) is 2.83. The maximum Gasteiger partial charge on any atom is 0.234 e. The summed E-state index contributed by atoms with van der Waals surface area (Å²) in [7, 11) is 4.85. The number of ether oxygens (including phenoxy) is 2. The second-order valence-corrected chi connectivity index (χ2v) is 6.20. The third kappa shape index (κ3) is 6.21. The fourth-order valence-electron chi connectivity index (χ4n) is 2.68. The first-order valence-corrected chi connectivity index (χ1v) is 8.53. The zero-order valence-electron chi connectivity index (χ0n) is 15.7. The van der Waals surface area contributed by atoms with Crippen molar-refractivity contribution in [3.63, 3.8) is 0 Å². The second-order valence-electron chi connectivity index (χ2n) is 6.20. The lowest BCUT2D eigenvalue weighted by atomic mass is 10.1. The number of amides is 1. The summed E-state index contributed by atoms with van der Waals surface area (Å²) >= 11 is 0. The van der Waals surface area contributed by atoms with Crippen molar-refractivity contribution in [3.8, 4) is 11.5 Å². The first-order valence-electron chi connectivity index (χ1n) is 8.53. The van der Waals surface area contributed by atoms with Gasteiger partial charge in [-0.25, -0.2) is 8.78 Å². The average molecular weight is 378 g/mol. The lowest BCUT2D eigenvalue weighted by Crippen LogP contribution is -2.36. The molecule has 2 aromatic carbocycles. The van der Waals surface area contributed by atoms with E-state index in [2.05, 4.69) is 5.32 Å². The van der Waals surface area contributed by atoms with Gasteiger partial charge in [0.25, 0.3) is 0 Å². The van der Waals surface area contributed by atoms with Crippen LogP contribution in [0.15, 0.2) is 36.4 Å². The van der Waals surface area contributed by atoms with E-state index in [1.807, 2.05) is 18.2 Å². The zero-order valence-corrected chi connectivity index (χ0v) is 15.7. The van der Waals surface area contributed by atoms with Gasteiger partial charge >= 0.3 is 0 Å². The van der Waals surface area contributed by atoms with Crippen LogP contribution in [0.25, 0.3) is 0 Å². The number of likely N-dealkylation sites (N-methyl/N-ethyl adjacent to an activating group) is 1. The molecule has 146 valence electrons. The van der Waals surface area contributed by atoms with E-state index in [0.29, 0.717) is 30.0 Å². The summed E-state index contributed by atoms with van der Waals surface area (Å²) in [5.74, 6) is -0.106. The summed E-state index contributed by atoms with van der Waals surface area (Å²) in [6, 6.07) is 9.03. The van der Waals surface area contributed by atoms with Crippen molar-refractivity contribution in [2.75, 3.05) is 34.4 Å². The Labute approximate surface area is 157 Å². The van der Waals surface area contributed by atoms with Crippen molar-refractivity contribution in [1.29, 1.82) is 0 Å². The first kappa shape index (κ1) is 20.6. The van der Waals surface area contributed by atoms with Gasteiger partial charge in [-0.2, -0.15) is 0 Å². The third-order valence-electron chi connectivity index (χ3n) is 4.05. The highest BCUT2D eigenvalue weighted by atomic mass is 19.1. The van der Waals surface area contributed by atoms with E-state index >= 15 is 0 Å². The number of hydrogen-bond donors (Lipinski definition) is 1. The van der Waals surface area contributed by atoms with Gasteiger partial charge in [0.1, 0.15) is 11.6 Å². The molecule has 0 bridgehead atoms. The molecule has 0 unspecified atom stereocenters. The van der Waals surface area contributed by atoms with Crippen LogP contribution in [0.2, 0.25) is 0 Å². The van der Waals surface area contributed by atoms with Gasteiger partial charge in [0.15, 0.2) is 11.5 Å². The molecule has 0 heterocycles. The maximum absolute atomic E-state index is 13.7. The monoisotopic (exact) mass is 378 g/mol. The van der Waals surface area contributed by atoms with Crippen LogP contribution in [-0.2, 0) is 17.8 Å². The van der Waals surface area contributed by atoms with Crippen LogP contribution in [0.5, 0.6) is 11.5 Å². The minimum Gasteiger partial charge on any atom is -0.493 e. The van der Waals surface area contributed by atoms with Gasteiger partial charge in [0.05, 0.1) is 20.8 Å². The van der Waals surface area contributed by atoms with Crippen molar-refractivity contribution >= 4 is 5.91 Å². The number of nitrogens with zero attached hydrogens (tertiary/aromatic N) is 1. The summed E-state index contributed by atoms with van der Waals surface area (Å²) in [6.07, 6.45) is 0.641. The number of benzene rings is 2. The number of hydrogen-bond acceptors (Lipinski definition) is 4. The number of carbonyl (C=O) groups is 1. The van der Waals surface area contributed by atoms with E-state index in [9.17, 15) is 13.6 Å². The predicted octanol–water partition coefficient (Wildman–Crippen LogP) is 2.77. The molecule has 0 fully saturated rings. The third-order valence-corrected chi connectivity index (χ3v) is 4.05. The van der Waals surface area contributed by atoms with E-state index in [1.165, 1.54) is 12.1 Å². The fourth-order valence-corrected chi connectivity index (χ4v) is 2.68. The highest BCUT2D eigenvalue weighted by molar-refractivity contribution is 5.77. The van der Waals surface area contributed by atoms with Crippen LogP contribution >= 0.6 is 0 Å². The normalized spacial score (nSPS) is 10.7. The molecule has 0 aliphatic heterocycles. The van der Waals surface area contributed by atoms with Gasteiger partial charge in [0, 0.05) is 24.7 Å². The summed E-state index contributed by atoms with van der Waals surface area (Å²) in [4.78, 5) is 13.7. The van der Waals surface area contributed by atoms with E-state index in [0.717, 1.165) is 11.6 Å². The molecular weight excluding hydrogens is 354 g/mol. The Kier molecular flexibility index (Phi) is 7.55. The van der Waals surface area contributed by atoms with Crippen LogP contribution in [0.1, 0.15) is 11.1 Å². The van der Waals surface area contributed by atoms with E-state index in [1.54, 1.807) is 26.2 Å². The molecule has 2 aromatic rings. The molecule has 0 radical (unpaired) electrons. The van der Waals surface area contributed by atoms with Gasteiger partial charge < -0.3 is 14.8 Å². The molecule has 27 heavy (non-hydrogen) atoms. The topological polar surface area (TPSA) is 50.8 Å². The van der Waals surface area contributed by atoms with Crippen molar-refractivity contribution in [1.82, 2.24) is 10.2 Å². The summed E-state index contributed by atoms with van der Waals surface area (Å²) < 4.78 is 37.1. The van der Waals surface area contributed by atoms with Gasteiger partial charge in [-0.1, -0.05) is 12.1 Å². The quantitative estimate of drug-likeness (QED) is 0.729. The minimum absolute atomic E-state index is 0.114. The van der Waals surface area contributed by atoms with Crippen molar-refractivity contribution < 1.29 is 23.0 Å². The number of rotatable bonds is 9. The lowest BCUT2D eigenvalue weighted by Gasteiger charge is -2.17. The summed E-state index contributed by atoms with van der Waals surface area (Å²) in [5.41, 5.74) is 1.35. The highest BCUT2D eigenvalue weighted by Gasteiger charge is 2.11. The molecule has 5 nitrogen and oxygen atoms in total. The van der Waals surface area contributed by atoms with Gasteiger partial charge in [-0.15, -0.1) is 0 Å². The fraction of sp³-hybridized carbons (Fsp3) is 0.350. The Morgan fingerprint density at radius 2 is 1.81 bits per heavy atom. The van der Waals surface area contributed by atoms with Crippen LogP contribution in [0, 0.1) is 11.6 Å². The Balaban J connectivity index is 1.78. The Hall–Kier alpha value is -2.67. The Bertz CT molecular complexity index is 784. The number of nitrogens with one attached hydrogen (secondary N) is 1. The minimum atomic E-state index is -0.619. The molecule has 0 aromatic heterocycles. The van der Waals surface area contributed by atoms with Gasteiger partial charge in [-0.3, -0.25) is 9.69 Å². The lowest BCUT2D eigenvalue weighted by molar-refractivity contribution is -0.122. The number of methoxy groups -OCH3 is 2. The van der Waals surface area contributed by atoms with Crippen molar-refractivity contribution in [2.45, 2.75) is 13.0 Å². The predicted molar refractivity (Wildman–Crippen MR) is 99.0 cm³/mol. The van der Waals surface area contributed by atoms with Crippen LogP contribution in [0.3, 0.4) is 0 Å². The van der Waals surface area contributed by atoms with E-state index in [4.69, 9.17) is 9.47 Å². The van der Waals surface area contributed by atoms with Crippen LogP contribution in [-0.4, -0.2) is 45.2 Å². The average Bonchev–Trinajstić information content (AvgIpc) is 2.63. The van der Waals surface area contributed by atoms with Crippen LogP contribution in [0.4, 0.5) is 8.78 Å². The first-order chi connectivity index (χ1) is 12.9. The van der Waals surface area contributed by atoms with Crippen molar-refractivity contribution in [3.05, 3.63) is 59.2 Å². The van der Waals surface area contributed by atoms with E-state index < -0.39 is 11.6 Å². The van der Waals surface area contributed by atoms with E-state index in [-0.39, 0.29) is 19.0 Å². The molecule has 0 saturated carbocycles. The molecular formula is C20H24F2N2O3. The molecule has 0 spiro atoms. The smallest absolute Gasteiger partial charge is 0.234 e. The molecule has 0 atom stereocenters. The second kappa shape index (κ2) is 9.87. The van der Waals surface area contributed by atoms with Gasteiger partial charge in [-0.05, 0) is 37.2 Å². The van der Waals surface area contributed by atoms with Crippen molar-refractivity contribution in [2.24, 2.45) is 0 Å². The largest absolute Gasteiger partial charge is 0.493 e. The Morgan fingerprint density at radius 3 is 2.48 bits per heavy atom. The molecule has 2 rings (SSSR count). The SMILES string of the molecule is COc1ccc(CCNC(=O)CN(C)Cc2ccc(F)cc2F)cc1OC. The number of halogens is 2. The maximum atomic E-state index is 13.7. The van der Waals surface area contributed by atoms with Crippen LogP contribution < -0.4 is 14.8 Å². The molecule has 1 N–H and O–H groups in total. The molecule has 1 amide bonds. The molecule has 0 saturated heterocycles. The Morgan fingerprint density at radius 1 is 1.07 bits per heavy atom. The highest BCUT2D eigenvalue weighted by Crippen LogP contribution is 2.27. The number of carbonyl (C=O) groups excluding carboxylic acids is 1. The van der Waals surface area contributed by atoms with Gasteiger partial charge in [0.2, 0.25) is 5.91 Å².